The molecule has 2 nitrogen and oxygen atoms in total. The molecule has 2 unspecified atom stereocenters. The first-order chi connectivity index (χ1) is 9.48. The summed E-state index contributed by atoms with van der Waals surface area (Å²) in [7, 11) is 0. The molecule has 0 spiro atoms. The van der Waals surface area contributed by atoms with E-state index in [9.17, 15) is 0 Å². The zero-order chi connectivity index (χ0) is 14.6. The summed E-state index contributed by atoms with van der Waals surface area (Å²) in [5.41, 5.74) is 1.43. The Hall–Kier alpha value is -0.120. The molecule has 2 atom stereocenters. The summed E-state index contributed by atoms with van der Waals surface area (Å²) < 4.78 is 6.09. The highest BCUT2D eigenvalue weighted by Gasteiger charge is 2.32. The molecule has 1 fully saturated rings. The van der Waals surface area contributed by atoms with E-state index in [0.29, 0.717) is 17.4 Å². The van der Waals surface area contributed by atoms with Crippen molar-refractivity contribution < 1.29 is 4.74 Å². The lowest BCUT2D eigenvalue weighted by atomic mass is 9.71. The fourth-order valence-corrected chi connectivity index (χ4v) is 4.45. The number of aromatic nitrogens is 1. The van der Waals surface area contributed by atoms with E-state index in [1.54, 1.807) is 11.3 Å². The van der Waals surface area contributed by atoms with Crippen LogP contribution in [0, 0.1) is 11.3 Å². The molecule has 0 amide bonds. The quantitative estimate of drug-likeness (QED) is 0.541. The van der Waals surface area contributed by atoms with Crippen molar-refractivity contribution in [2.24, 2.45) is 11.3 Å². The number of thiazole rings is 1. The van der Waals surface area contributed by atoms with E-state index >= 15 is 0 Å². The van der Waals surface area contributed by atoms with Crippen molar-refractivity contribution in [2.45, 2.75) is 64.9 Å². The maximum atomic E-state index is 6.09. The molecule has 2 rings (SSSR count). The van der Waals surface area contributed by atoms with Crippen LogP contribution in [0.3, 0.4) is 0 Å². The van der Waals surface area contributed by atoms with Crippen LogP contribution in [0.1, 0.15) is 57.2 Å². The molecule has 0 bridgehead atoms. The minimum absolute atomic E-state index is 0.437. The Morgan fingerprint density at radius 3 is 2.90 bits per heavy atom. The monoisotopic (exact) mass is 315 g/mol. The van der Waals surface area contributed by atoms with Crippen molar-refractivity contribution in [3.63, 3.8) is 0 Å². The molecule has 4 heteroatoms. The van der Waals surface area contributed by atoms with Crippen LogP contribution in [0.2, 0.25) is 0 Å². The van der Waals surface area contributed by atoms with Crippen LogP contribution < -0.4 is 0 Å². The van der Waals surface area contributed by atoms with Crippen LogP contribution in [0.25, 0.3) is 0 Å². The Morgan fingerprint density at radius 1 is 1.45 bits per heavy atom. The number of nitrogens with zero attached hydrogens (tertiary/aromatic N) is 1. The molecule has 1 saturated carbocycles. The van der Waals surface area contributed by atoms with Gasteiger partial charge in [0.15, 0.2) is 0 Å². The highest BCUT2D eigenvalue weighted by atomic mass is 35.5. The summed E-state index contributed by atoms with van der Waals surface area (Å²) >= 11 is 7.47. The maximum Gasteiger partial charge on any atom is 0.0929 e. The van der Waals surface area contributed by atoms with Crippen molar-refractivity contribution in [1.82, 2.24) is 4.98 Å². The molecule has 1 aliphatic carbocycles. The van der Waals surface area contributed by atoms with Gasteiger partial charge in [-0.05, 0) is 37.0 Å². The highest BCUT2D eigenvalue weighted by Crippen LogP contribution is 2.39. The third kappa shape index (κ3) is 5.01. The highest BCUT2D eigenvalue weighted by molar-refractivity contribution is 7.09. The molecule has 0 saturated heterocycles. The van der Waals surface area contributed by atoms with Gasteiger partial charge in [-0.2, -0.15) is 0 Å². The molecule has 20 heavy (non-hydrogen) atoms. The summed E-state index contributed by atoms with van der Waals surface area (Å²) in [6, 6.07) is 0. The third-order valence-corrected chi connectivity index (χ3v) is 5.20. The van der Waals surface area contributed by atoms with Crippen molar-refractivity contribution >= 4 is 22.9 Å². The van der Waals surface area contributed by atoms with Gasteiger partial charge < -0.3 is 4.74 Å². The Bertz CT molecular complexity index is 418. The van der Waals surface area contributed by atoms with E-state index in [4.69, 9.17) is 16.3 Å². The Balaban J connectivity index is 1.68. The predicted octanol–water partition coefficient (Wildman–Crippen LogP) is 5.05. The molecule has 1 heterocycles. The lowest BCUT2D eigenvalue weighted by Gasteiger charge is -2.38. The van der Waals surface area contributed by atoms with Crippen molar-refractivity contribution in [3.05, 3.63) is 16.1 Å². The summed E-state index contributed by atoms with van der Waals surface area (Å²) in [5, 5.41) is 3.23. The van der Waals surface area contributed by atoms with E-state index in [1.165, 1.54) is 24.3 Å². The van der Waals surface area contributed by atoms with E-state index in [-0.39, 0.29) is 0 Å². The Labute approximate surface area is 131 Å². The van der Waals surface area contributed by atoms with Crippen LogP contribution in [-0.4, -0.2) is 17.7 Å². The van der Waals surface area contributed by atoms with Crippen LogP contribution in [0.4, 0.5) is 0 Å². The molecule has 0 aromatic carbocycles. The average Bonchev–Trinajstić information content (AvgIpc) is 2.80. The molecular formula is C16H26ClNOS. The molecule has 1 aromatic rings. The van der Waals surface area contributed by atoms with Gasteiger partial charge >= 0.3 is 0 Å². The van der Waals surface area contributed by atoms with Crippen molar-refractivity contribution in [1.29, 1.82) is 0 Å². The van der Waals surface area contributed by atoms with E-state index in [2.05, 4.69) is 31.1 Å². The third-order valence-electron chi connectivity index (χ3n) is 3.97. The van der Waals surface area contributed by atoms with Crippen LogP contribution in [-0.2, 0) is 17.0 Å². The fraction of sp³-hybridized carbons (Fsp3) is 0.812. The van der Waals surface area contributed by atoms with E-state index < -0.39 is 0 Å². The molecule has 0 aliphatic heterocycles. The van der Waals surface area contributed by atoms with Crippen LogP contribution >= 0.6 is 22.9 Å². The number of halogens is 1. The Morgan fingerprint density at radius 2 is 2.25 bits per heavy atom. The lowest BCUT2D eigenvalue weighted by Crippen LogP contribution is -2.32. The number of hydrogen-bond donors (Lipinski definition) is 0. The number of alkyl halides is 1. The second kappa shape index (κ2) is 7.24. The average molecular weight is 316 g/mol. The smallest absolute Gasteiger partial charge is 0.0929 e. The van der Waals surface area contributed by atoms with Gasteiger partial charge in [0, 0.05) is 18.4 Å². The summed E-state index contributed by atoms with van der Waals surface area (Å²) in [6.45, 7) is 7.92. The maximum absolute atomic E-state index is 6.09. The first kappa shape index (κ1) is 16.3. The normalized spacial score (nSPS) is 25.8. The number of rotatable bonds is 6. The predicted molar refractivity (Wildman–Crippen MR) is 86.5 cm³/mol. The van der Waals surface area contributed by atoms with Crippen molar-refractivity contribution in [3.8, 4) is 0 Å². The van der Waals surface area contributed by atoms with E-state index in [0.717, 1.165) is 31.1 Å². The number of ether oxygens (including phenoxy) is 1. The van der Waals surface area contributed by atoms with Crippen molar-refractivity contribution in [2.75, 3.05) is 6.61 Å². The van der Waals surface area contributed by atoms with Gasteiger partial charge in [-0.15, -0.1) is 22.9 Å². The van der Waals surface area contributed by atoms with Gasteiger partial charge in [-0.3, -0.25) is 0 Å². The largest absolute Gasteiger partial charge is 0.378 e. The zero-order valence-electron chi connectivity index (χ0n) is 12.8. The van der Waals surface area contributed by atoms with Gasteiger partial charge in [0.25, 0.3) is 0 Å². The van der Waals surface area contributed by atoms with E-state index in [1.807, 2.05) is 0 Å². The molecule has 114 valence electrons. The van der Waals surface area contributed by atoms with Gasteiger partial charge in [-0.25, -0.2) is 4.98 Å². The van der Waals surface area contributed by atoms with Gasteiger partial charge in [-0.1, -0.05) is 20.8 Å². The van der Waals surface area contributed by atoms with Gasteiger partial charge in [0.05, 0.1) is 22.7 Å². The van der Waals surface area contributed by atoms with Crippen LogP contribution in [0.15, 0.2) is 5.38 Å². The fourth-order valence-electron chi connectivity index (χ4n) is 3.38. The van der Waals surface area contributed by atoms with Crippen LogP contribution in [0.5, 0.6) is 0 Å². The second-order valence-corrected chi connectivity index (χ2v) is 8.09. The standard InChI is InChI=1S/C16H26ClNOS/c1-12-7-14(9-16(2,3)8-12)19-6-4-5-15-18-13(10-17)11-20-15/h11-12,14H,4-10H2,1-3H3. The molecule has 1 aliphatic rings. The minimum Gasteiger partial charge on any atom is -0.378 e. The Kier molecular flexibility index (Phi) is 5.88. The zero-order valence-corrected chi connectivity index (χ0v) is 14.4. The lowest BCUT2D eigenvalue weighted by molar-refractivity contribution is -0.0234. The number of hydrogen-bond acceptors (Lipinski definition) is 3. The summed E-state index contributed by atoms with van der Waals surface area (Å²) in [5.74, 6) is 1.30. The topological polar surface area (TPSA) is 22.1 Å². The first-order valence-electron chi connectivity index (χ1n) is 7.59. The van der Waals surface area contributed by atoms with Gasteiger partial charge in [0.1, 0.15) is 0 Å². The number of aryl methyl sites for hydroxylation is 1. The molecule has 1 aromatic heterocycles. The minimum atomic E-state index is 0.437. The first-order valence-corrected chi connectivity index (χ1v) is 9.01. The molecule has 0 N–H and O–H groups in total. The molecule has 0 radical (unpaired) electrons. The SMILES string of the molecule is CC1CC(OCCCc2nc(CCl)cs2)CC(C)(C)C1. The second-order valence-electron chi connectivity index (χ2n) is 6.88. The summed E-state index contributed by atoms with van der Waals surface area (Å²) in [6.07, 6.45) is 6.26. The van der Waals surface area contributed by atoms with Gasteiger partial charge in [0.2, 0.25) is 0 Å². The molecular weight excluding hydrogens is 290 g/mol. The summed E-state index contributed by atoms with van der Waals surface area (Å²) in [4.78, 5) is 4.48.